The molecule has 2 aromatic heterocycles. The second-order valence-electron chi connectivity index (χ2n) is 6.35. The van der Waals surface area contributed by atoms with E-state index in [1.54, 1.807) is 6.20 Å². The molecule has 7 nitrogen and oxygen atoms in total. The summed E-state index contributed by atoms with van der Waals surface area (Å²) >= 11 is 0. The lowest BCUT2D eigenvalue weighted by Gasteiger charge is -2.18. The van der Waals surface area contributed by atoms with Gasteiger partial charge in [-0.2, -0.15) is 0 Å². The van der Waals surface area contributed by atoms with Gasteiger partial charge in [-0.1, -0.05) is 30.3 Å². The highest BCUT2D eigenvalue weighted by Gasteiger charge is 2.21. The van der Waals surface area contributed by atoms with E-state index in [1.165, 1.54) is 11.1 Å². The summed E-state index contributed by atoms with van der Waals surface area (Å²) in [5.74, 6) is 1.05. The summed E-state index contributed by atoms with van der Waals surface area (Å²) < 4.78 is 0. The lowest BCUT2D eigenvalue weighted by Crippen LogP contribution is -2.18. The Morgan fingerprint density at radius 3 is 2.48 bits per heavy atom. The molecule has 0 saturated carbocycles. The zero-order chi connectivity index (χ0) is 18.6. The van der Waals surface area contributed by atoms with E-state index in [0.717, 1.165) is 18.9 Å². The van der Waals surface area contributed by atoms with Crippen LogP contribution in [0.15, 0.2) is 54.7 Å². The van der Waals surface area contributed by atoms with Gasteiger partial charge in [-0.25, -0.2) is 9.97 Å². The summed E-state index contributed by atoms with van der Waals surface area (Å²) in [5, 5.41) is 11.9. The summed E-state index contributed by atoms with van der Waals surface area (Å²) in [5.41, 5.74) is 3.25. The Labute approximate surface area is 156 Å². The van der Waals surface area contributed by atoms with Crippen molar-refractivity contribution in [3.05, 3.63) is 65.9 Å². The minimum absolute atomic E-state index is 0.0212. The van der Waals surface area contributed by atoms with Crippen LogP contribution in [-0.2, 0) is 17.9 Å². The number of nitrogens with one attached hydrogen (secondary N) is 1. The van der Waals surface area contributed by atoms with Crippen LogP contribution in [0.3, 0.4) is 0 Å². The second-order valence-corrected chi connectivity index (χ2v) is 6.35. The number of nitrogens with zero attached hydrogens (tertiary/aromatic N) is 4. The van der Waals surface area contributed by atoms with Crippen LogP contribution in [0.4, 0.5) is 11.6 Å². The van der Waals surface area contributed by atoms with Gasteiger partial charge >= 0.3 is 5.97 Å². The van der Waals surface area contributed by atoms with Gasteiger partial charge < -0.3 is 15.3 Å². The van der Waals surface area contributed by atoms with E-state index in [2.05, 4.69) is 32.3 Å². The number of hydrogen-bond acceptors (Lipinski definition) is 6. The zero-order valence-corrected chi connectivity index (χ0v) is 14.7. The molecule has 3 heterocycles. The molecule has 1 aliphatic rings. The standard InChI is InChI=1S/C20H19N5O2/c26-19(27)8-10-22-17-11-18(24-20(23-17)16-7-3-4-9-21-16)25-12-14-5-1-2-6-15(14)13-25/h1-7,9,11H,8,10,12-13H2,(H,26,27)(H,22,23,24). The van der Waals surface area contributed by atoms with E-state index < -0.39 is 5.97 Å². The molecule has 27 heavy (non-hydrogen) atoms. The summed E-state index contributed by atoms with van der Waals surface area (Å²) in [6.45, 7) is 1.86. The predicted molar refractivity (Wildman–Crippen MR) is 102 cm³/mol. The summed E-state index contributed by atoms with van der Waals surface area (Å²) in [4.78, 5) is 26.5. The van der Waals surface area contributed by atoms with Crippen molar-refractivity contribution < 1.29 is 9.90 Å². The number of carboxylic acid groups (broad SMARTS) is 1. The molecular weight excluding hydrogens is 342 g/mol. The Kier molecular flexibility index (Phi) is 4.65. The molecular formula is C20H19N5O2. The molecule has 0 radical (unpaired) electrons. The minimum Gasteiger partial charge on any atom is -0.481 e. The first-order valence-corrected chi connectivity index (χ1v) is 8.77. The second kappa shape index (κ2) is 7.41. The van der Waals surface area contributed by atoms with Crippen LogP contribution < -0.4 is 10.2 Å². The smallest absolute Gasteiger partial charge is 0.305 e. The van der Waals surface area contributed by atoms with E-state index >= 15 is 0 Å². The van der Waals surface area contributed by atoms with Crippen LogP contribution >= 0.6 is 0 Å². The van der Waals surface area contributed by atoms with Gasteiger partial charge in [0.05, 0.1) is 6.42 Å². The lowest BCUT2D eigenvalue weighted by molar-refractivity contribution is -0.136. The third-order valence-electron chi connectivity index (χ3n) is 4.42. The van der Waals surface area contributed by atoms with Gasteiger partial charge in [0, 0.05) is 31.9 Å². The maximum atomic E-state index is 10.8. The summed E-state index contributed by atoms with van der Waals surface area (Å²) in [6, 6.07) is 15.8. The van der Waals surface area contributed by atoms with Crippen molar-refractivity contribution in [3.8, 4) is 11.5 Å². The van der Waals surface area contributed by atoms with Crippen molar-refractivity contribution in [2.75, 3.05) is 16.8 Å². The van der Waals surface area contributed by atoms with Crippen LogP contribution in [-0.4, -0.2) is 32.6 Å². The highest BCUT2D eigenvalue weighted by molar-refractivity contribution is 5.67. The third-order valence-corrected chi connectivity index (χ3v) is 4.42. The molecule has 4 rings (SSSR count). The number of benzene rings is 1. The fourth-order valence-corrected chi connectivity index (χ4v) is 3.09. The normalized spacial score (nSPS) is 12.7. The van der Waals surface area contributed by atoms with Crippen LogP contribution in [0.5, 0.6) is 0 Å². The number of rotatable bonds is 6. The molecule has 0 unspecified atom stereocenters. The lowest BCUT2D eigenvalue weighted by atomic mass is 10.1. The molecule has 0 atom stereocenters. The maximum absolute atomic E-state index is 10.8. The van der Waals surface area contributed by atoms with Gasteiger partial charge in [0.15, 0.2) is 5.82 Å². The van der Waals surface area contributed by atoms with Gasteiger partial charge in [-0.15, -0.1) is 0 Å². The molecule has 0 amide bonds. The molecule has 0 spiro atoms. The van der Waals surface area contributed by atoms with Crippen molar-refractivity contribution in [1.29, 1.82) is 0 Å². The highest BCUT2D eigenvalue weighted by atomic mass is 16.4. The summed E-state index contributed by atoms with van der Waals surface area (Å²) in [7, 11) is 0. The van der Waals surface area contributed by atoms with E-state index in [9.17, 15) is 4.79 Å². The molecule has 0 bridgehead atoms. The van der Waals surface area contributed by atoms with Crippen LogP contribution in [0.2, 0.25) is 0 Å². The van der Waals surface area contributed by atoms with Gasteiger partial charge in [-0.3, -0.25) is 9.78 Å². The van der Waals surface area contributed by atoms with Gasteiger partial charge in [0.2, 0.25) is 0 Å². The van der Waals surface area contributed by atoms with E-state index in [-0.39, 0.29) is 6.42 Å². The van der Waals surface area contributed by atoms with Crippen molar-refractivity contribution in [2.24, 2.45) is 0 Å². The highest BCUT2D eigenvalue weighted by Crippen LogP contribution is 2.29. The molecule has 136 valence electrons. The Hall–Kier alpha value is -3.48. The molecule has 1 aromatic carbocycles. The van der Waals surface area contributed by atoms with Crippen molar-refractivity contribution >= 4 is 17.6 Å². The molecule has 0 aliphatic carbocycles. The van der Waals surface area contributed by atoms with Gasteiger partial charge in [0.1, 0.15) is 17.3 Å². The zero-order valence-electron chi connectivity index (χ0n) is 14.7. The first-order chi connectivity index (χ1) is 13.2. The topological polar surface area (TPSA) is 91.2 Å². The average Bonchev–Trinajstić information content (AvgIpc) is 3.12. The number of pyridine rings is 1. The third kappa shape index (κ3) is 3.87. The first-order valence-electron chi connectivity index (χ1n) is 8.77. The largest absolute Gasteiger partial charge is 0.481 e. The van der Waals surface area contributed by atoms with Gasteiger partial charge in [-0.05, 0) is 23.3 Å². The first kappa shape index (κ1) is 17.0. The minimum atomic E-state index is -0.850. The molecule has 7 heteroatoms. The van der Waals surface area contributed by atoms with E-state index in [4.69, 9.17) is 10.1 Å². The van der Waals surface area contributed by atoms with Crippen molar-refractivity contribution in [3.63, 3.8) is 0 Å². The number of carboxylic acids is 1. The van der Waals surface area contributed by atoms with Crippen molar-refractivity contribution in [2.45, 2.75) is 19.5 Å². The Bertz CT molecular complexity index is 937. The SMILES string of the molecule is O=C(O)CCNc1cc(N2Cc3ccccc3C2)nc(-c2ccccn2)n1. The Morgan fingerprint density at radius 2 is 1.81 bits per heavy atom. The number of carbonyl (C=O) groups is 1. The van der Waals surface area contributed by atoms with Crippen LogP contribution in [0, 0.1) is 0 Å². The van der Waals surface area contributed by atoms with Crippen molar-refractivity contribution in [1.82, 2.24) is 15.0 Å². The summed E-state index contributed by atoms with van der Waals surface area (Å²) in [6.07, 6.45) is 1.72. The predicted octanol–water partition coefficient (Wildman–Crippen LogP) is 2.95. The number of fused-ring (bicyclic) bond motifs is 1. The Morgan fingerprint density at radius 1 is 1.07 bits per heavy atom. The fraction of sp³-hybridized carbons (Fsp3) is 0.200. The van der Waals surface area contributed by atoms with E-state index in [1.807, 2.05) is 36.4 Å². The van der Waals surface area contributed by atoms with Crippen LogP contribution in [0.25, 0.3) is 11.5 Å². The quantitative estimate of drug-likeness (QED) is 0.697. The monoisotopic (exact) mass is 361 g/mol. The molecule has 2 N–H and O–H groups in total. The molecule has 0 fully saturated rings. The average molecular weight is 361 g/mol. The maximum Gasteiger partial charge on any atom is 0.305 e. The molecule has 0 saturated heterocycles. The number of aliphatic carboxylic acids is 1. The fourth-order valence-electron chi connectivity index (χ4n) is 3.09. The van der Waals surface area contributed by atoms with Crippen LogP contribution in [0.1, 0.15) is 17.5 Å². The number of hydrogen-bond donors (Lipinski definition) is 2. The number of anilines is 2. The Balaban J connectivity index is 1.65. The number of aromatic nitrogens is 3. The molecule has 1 aliphatic heterocycles. The molecule has 3 aromatic rings. The van der Waals surface area contributed by atoms with E-state index in [0.29, 0.717) is 23.9 Å². The van der Waals surface area contributed by atoms with Gasteiger partial charge in [0.25, 0.3) is 0 Å².